The molecule has 0 saturated heterocycles. The minimum atomic E-state index is -0.567. The van der Waals surface area contributed by atoms with Crippen molar-refractivity contribution in [3.05, 3.63) is 63.6 Å². The van der Waals surface area contributed by atoms with Crippen LogP contribution in [0.5, 0.6) is 5.75 Å². The lowest BCUT2D eigenvalue weighted by molar-refractivity contribution is -0.121. The molecule has 0 bridgehead atoms. The quantitative estimate of drug-likeness (QED) is 0.0797. The van der Waals surface area contributed by atoms with Crippen molar-refractivity contribution in [1.29, 1.82) is 0 Å². The number of amides is 1. The first-order valence-corrected chi connectivity index (χ1v) is 13.3. The fraction of sp³-hybridized carbons (Fsp3) is 0.464. The highest BCUT2D eigenvalue weighted by molar-refractivity contribution is 6.36. The van der Waals surface area contributed by atoms with Crippen LogP contribution in [0.25, 0.3) is 0 Å². The molecule has 2 rings (SSSR count). The number of carbonyl (C=O) groups excluding carboxylic acids is 2. The molecule has 5 nitrogen and oxygen atoms in total. The second-order valence-electron chi connectivity index (χ2n) is 8.66. The highest BCUT2D eigenvalue weighted by Gasteiger charge is 2.13. The number of hydrogen-bond acceptors (Lipinski definition) is 4. The number of nitrogens with zero attached hydrogens (tertiary/aromatic N) is 1. The van der Waals surface area contributed by atoms with Gasteiger partial charge in [0.25, 0.3) is 0 Å². The normalized spacial score (nSPS) is 11.1. The Hall–Kier alpha value is -2.37. The van der Waals surface area contributed by atoms with E-state index in [-0.39, 0.29) is 16.5 Å². The van der Waals surface area contributed by atoms with Crippen molar-refractivity contribution in [3.63, 3.8) is 0 Å². The molecule has 0 unspecified atom stereocenters. The van der Waals surface area contributed by atoms with Gasteiger partial charge in [0, 0.05) is 11.4 Å². The maximum absolute atomic E-state index is 12.3. The summed E-state index contributed by atoms with van der Waals surface area (Å²) in [4.78, 5) is 24.2. The van der Waals surface area contributed by atoms with E-state index in [9.17, 15) is 9.59 Å². The van der Waals surface area contributed by atoms with E-state index in [1.165, 1.54) is 69.9 Å². The average Bonchev–Trinajstić information content (AvgIpc) is 2.83. The molecule has 0 aromatic heterocycles. The third-order valence-electron chi connectivity index (χ3n) is 5.65. The van der Waals surface area contributed by atoms with Gasteiger partial charge in [-0.15, -0.1) is 0 Å². The van der Waals surface area contributed by atoms with E-state index in [0.29, 0.717) is 17.2 Å². The van der Waals surface area contributed by atoms with Crippen LogP contribution in [0.2, 0.25) is 10.0 Å². The molecular weight excluding hydrogens is 483 g/mol. The SMILES string of the molecule is CCCCCCCCCCCCCC(=O)N/N=C/c1ccc(OC(=O)c2ccc(Cl)cc2Cl)cc1. The number of hydrazone groups is 1. The molecule has 0 aliphatic heterocycles. The van der Waals surface area contributed by atoms with Crippen molar-refractivity contribution in [2.45, 2.75) is 84.0 Å². The fourth-order valence-electron chi connectivity index (χ4n) is 3.62. The van der Waals surface area contributed by atoms with E-state index in [2.05, 4.69) is 17.5 Å². The van der Waals surface area contributed by atoms with Gasteiger partial charge in [-0.25, -0.2) is 10.2 Å². The topological polar surface area (TPSA) is 67.8 Å². The van der Waals surface area contributed by atoms with Gasteiger partial charge in [0.15, 0.2) is 0 Å². The second kappa shape index (κ2) is 17.1. The van der Waals surface area contributed by atoms with E-state index >= 15 is 0 Å². The van der Waals surface area contributed by atoms with Gasteiger partial charge < -0.3 is 4.74 Å². The summed E-state index contributed by atoms with van der Waals surface area (Å²) in [7, 11) is 0. The second-order valence-corrected chi connectivity index (χ2v) is 9.51. The van der Waals surface area contributed by atoms with Gasteiger partial charge in [-0.1, -0.05) is 94.3 Å². The maximum atomic E-state index is 12.3. The fourth-order valence-corrected chi connectivity index (χ4v) is 4.11. The maximum Gasteiger partial charge on any atom is 0.345 e. The first kappa shape index (κ1) is 28.9. The molecule has 190 valence electrons. The minimum Gasteiger partial charge on any atom is -0.423 e. The molecule has 0 radical (unpaired) electrons. The Bertz CT molecular complexity index is 946. The summed E-state index contributed by atoms with van der Waals surface area (Å²) < 4.78 is 5.34. The number of rotatable bonds is 16. The highest BCUT2D eigenvalue weighted by atomic mass is 35.5. The summed E-state index contributed by atoms with van der Waals surface area (Å²) in [6.45, 7) is 2.25. The lowest BCUT2D eigenvalue weighted by Gasteiger charge is -2.06. The zero-order chi connectivity index (χ0) is 25.3. The standard InChI is InChI=1S/C28H36Cl2N2O3/c1-2-3-4-5-6-7-8-9-10-11-12-13-27(33)32-31-21-22-14-17-24(18-15-22)35-28(34)25-19-16-23(29)20-26(25)30/h14-21H,2-13H2,1H3,(H,32,33)/b31-21+. The van der Waals surface area contributed by atoms with E-state index < -0.39 is 5.97 Å². The average molecular weight is 520 g/mol. The highest BCUT2D eigenvalue weighted by Crippen LogP contribution is 2.23. The summed E-state index contributed by atoms with van der Waals surface area (Å²) >= 11 is 11.9. The molecule has 1 amide bonds. The van der Waals surface area contributed by atoms with E-state index in [1.807, 2.05) is 0 Å². The van der Waals surface area contributed by atoms with Crippen LogP contribution in [-0.4, -0.2) is 18.1 Å². The Labute approximate surface area is 219 Å². The number of halogens is 2. The molecule has 2 aromatic carbocycles. The van der Waals surface area contributed by atoms with Crippen molar-refractivity contribution >= 4 is 41.3 Å². The number of esters is 1. The summed E-state index contributed by atoms with van der Waals surface area (Å²) in [5, 5.41) is 4.68. The van der Waals surface area contributed by atoms with Gasteiger partial charge >= 0.3 is 5.97 Å². The van der Waals surface area contributed by atoms with Gasteiger partial charge in [0.1, 0.15) is 5.75 Å². The number of ether oxygens (including phenoxy) is 1. The first-order valence-electron chi connectivity index (χ1n) is 12.6. The molecule has 2 aromatic rings. The summed E-state index contributed by atoms with van der Waals surface area (Å²) in [5.74, 6) is -0.274. The van der Waals surface area contributed by atoms with Crippen LogP contribution in [-0.2, 0) is 4.79 Å². The van der Waals surface area contributed by atoms with Crippen LogP contribution >= 0.6 is 23.2 Å². The van der Waals surface area contributed by atoms with Crippen LogP contribution in [0.3, 0.4) is 0 Å². The Morgan fingerprint density at radius 3 is 2.06 bits per heavy atom. The van der Waals surface area contributed by atoms with E-state index in [4.69, 9.17) is 27.9 Å². The van der Waals surface area contributed by atoms with Crippen LogP contribution in [0.1, 0.15) is 99.9 Å². The number of hydrogen-bond donors (Lipinski definition) is 1. The third kappa shape index (κ3) is 12.2. The van der Waals surface area contributed by atoms with Crippen LogP contribution < -0.4 is 10.2 Å². The molecule has 35 heavy (non-hydrogen) atoms. The van der Waals surface area contributed by atoms with Crippen molar-refractivity contribution in [2.24, 2.45) is 5.10 Å². The lowest BCUT2D eigenvalue weighted by Crippen LogP contribution is -2.16. The smallest absolute Gasteiger partial charge is 0.345 e. The molecule has 7 heteroatoms. The molecule has 0 heterocycles. The van der Waals surface area contributed by atoms with Gasteiger partial charge in [0.2, 0.25) is 5.91 Å². The van der Waals surface area contributed by atoms with Crippen molar-refractivity contribution in [1.82, 2.24) is 5.43 Å². The number of carbonyl (C=O) groups is 2. The predicted molar refractivity (Wildman–Crippen MR) is 145 cm³/mol. The Kier molecular flexibility index (Phi) is 14.1. The van der Waals surface area contributed by atoms with Crippen molar-refractivity contribution < 1.29 is 14.3 Å². The first-order chi connectivity index (χ1) is 17.0. The minimum absolute atomic E-state index is 0.0810. The Balaban J connectivity index is 1.59. The zero-order valence-corrected chi connectivity index (χ0v) is 22.0. The largest absolute Gasteiger partial charge is 0.423 e. The van der Waals surface area contributed by atoms with Gasteiger partial charge in [-0.2, -0.15) is 5.10 Å². The van der Waals surface area contributed by atoms with Gasteiger partial charge in [-0.05, 0) is 54.4 Å². The number of nitrogens with one attached hydrogen (secondary N) is 1. The molecule has 0 saturated carbocycles. The summed E-state index contributed by atoms with van der Waals surface area (Å²) in [6.07, 6.45) is 15.8. The molecular formula is C28H36Cl2N2O3. The summed E-state index contributed by atoms with van der Waals surface area (Å²) in [5.41, 5.74) is 3.57. The van der Waals surface area contributed by atoms with E-state index in [1.54, 1.807) is 36.5 Å². The molecule has 0 fully saturated rings. The van der Waals surface area contributed by atoms with Crippen molar-refractivity contribution in [2.75, 3.05) is 0 Å². The van der Waals surface area contributed by atoms with Crippen LogP contribution in [0.4, 0.5) is 0 Å². The zero-order valence-electron chi connectivity index (χ0n) is 20.5. The van der Waals surface area contributed by atoms with Gasteiger partial charge in [0.05, 0.1) is 16.8 Å². The van der Waals surface area contributed by atoms with E-state index in [0.717, 1.165) is 18.4 Å². The molecule has 0 aliphatic carbocycles. The van der Waals surface area contributed by atoms with Gasteiger partial charge in [-0.3, -0.25) is 4.79 Å². The Morgan fingerprint density at radius 1 is 0.857 bits per heavy atom. The lowest BCUT2D eigenvalue weighted by atomic mass is 10.1. The molecule has 1 N–H and O–H groups in total. The molecule has 0 spiro atoms. The van der Waals surface area contributed by atoms with Crippen molar-refractivity contribution in [3.8, 4) is 5.75 Å². The number of unbranched alkanes of at least 4 members (excludes halogenated alkanes) is 10. The molecule has 0 atom stereocenters. The number of benzene rings is 2. The van der Waals surface area contributed by atoms with Crippen LogP contribution in [0, 0.1) is 0 Å². The third-order valence-corrected chi connectivity index (χ3v) is 6.20. The Morgan fingerprint density at radius 2 is 1.46 bits per heavy atom. The monoisotopic (exact) mass is 518 g/mol. The summed E-state index contributed by atoms with van der Waals surface area (Å²) in [6, 6.07) is 11.4. The predicted octanol–water partition coefficient (Wildman–Crippen LogP) is 8.36. The molecule has 0 aliphatic rings. The van der Waals surface area contributed by atoms with Crippen LogP contribution in [0.15, 0.2) is 47.6 Å².